The number of methoxy groups -OCH3 is 1. The lowest BCUT2D eigenvalue weighted by atomic mass is 9.95. The van der Waals surface area contributed by atoms with Gasteiger partial charge in [0.25, 0.3) is 5.91 Å². The number of aryl methyl sites for hydroxylation is 2. The summed E-state index contributed by atoms with van der Waals surface area (Å²) in [4.78, 5) is 27.2. The predicted molar refractivity (Wildman–Crippen MR) is 106 cm³/mol. The molecule has 0 saturated carbocycles. The predicted octanol–water partition coefficient (Wildman–Crippen LogP) is 3.80. The number of hydrogen-bond acceptors (Lipinski definition) is 3. The normalized spacial score (nSPS) is 14.7. The van der Waals surface area contributed by atoms with E-state index in [4.69, 9.17) is 4.74 Å². The lowest BCUT2D eigenvalue weighted by Gasteiger charge is -2.31. The molecule has 0 radical (unpaired) electrons. The fourth-order valence-corrected chi connectivity index (χ4v) is 3.38. The Hall–Kier alpha value is -2.82. The van der Waals surface area contributed by atoms with E-state index in [1.54, 1.807) is 7.11 Å². The van der Waals surface area contributed by atoms with Crippen LogP contribution in [0.15, 0.2) is 42.5 Å². The largest absolute Gasteiger partial charge is 0.495 e. The maximum Gasteiger partial charge on any atom is 0.253 e. The standard InChI is InChI=1S/C22H26N2O3/c1-15-8-9-18(14-16(15)2)22(26)24-12-10-17(11-13-24)21(25)23-19-6-4-5-7-20(19)27-3/h4-9,14,17H,10-13H2,1-3H3,(H,23,25). The Labute approximate surface area is 160 Å². The Balaban J connectivity index is 1.58. The van der Waals surface area contributed by atoms with E-state index >= 15 is 0 Å². The first-order valence-corrected chi connectivity index (χ1v) is 9.30. The molecule has 2 amide bonds. The van der Waals surface area contributed by atoms with Gasteiger partial charge in [-0.2, -0.15) is 0 Å². The molecule has 3 rings (SSSR count). The van der Waals surface area contributed by atoms with E-state index in [-0.39, 0.29) is 17.7 Å². The van der Waals surface area contributed by atoms with Crippen molar-refractivity contribution >= 4 is 17.5 Å². The van der Waals surface area contributed by atoms with Crippen molar-refractivity contribution in [3.63, 3.8) is 0 Å². The van der Waals surface area contributed by atoms with Gasteiger partial charge < -0.3 is 15.0 Å². The minimum absolute atomic E-state index is 0.0159. The Morgan fingerprint density at radius 1 is 1.04 bits per heavy atom. The molecule has 1 N–H and O–H groups in total. The first-order valence-electron chi connectivity index (χ1n) is 9.30. The van der Waals surface area contributed by atoms with Gasteiger partial charge in [0.05, 0.1) is 12.8 Å². The second-order valence-corrected chi connectivity index (χ2v) is 7.06. The summed E-state index contributed by atoms with van der Waals surface area (Å²) in [6, 6.07) is 13.2. The van der Waals surface area contributed by atoms with E-state index in [0.29, 0.717) is 37.4 Å². The highest BCUT2D eigenvalue weighted by Crippen LogP contribution is 2.26. The van der Waals surface area contributed by atoms with Crippen LogP contribution in [-0.4, -0.2) is 36.9 Å². The molecule has 1 fully saturated rings. The van der Waals surface area contributed by atoms with Gasteiger partial charge in [0.15, 0.2) is 0 Å². The van der Waals surface area contributed by atoms with Gasteiger partial charge in [-0.25, -0.2) is 0 Å². The Morgan fingerprint density at radius 3 is 2.41 bits per heavy atom. The Morgan fingerprint density at radius 2 is 1.74 bits per heavy atom. The lowest BCUT2D eigenvalue weighted by Crippen LogP contribution is -2.41. The second-order valence-electron chi connectivity index (χ2n) is 7.06. The summed E-state index contributed by atoms with van der Waals surface area (Å²) in [5, 5.41) is 2.95. The molecule has 27 heavy (non-hydrogen) atoms. The van der Waals surface area contributed by atoms with E-state index in [1.165, 1.54) is 5.56 Å². The highest BCUT2D eigenvalue weighted by atomic mass is 16.5. The third-order valence-corrected chi connectivity index (χ3v) is 5.27. The van der Waals surface area contributed by atoms with Crippen LogP contribution in [0.1, 0.15) is 34.3 Å². The summed E-state index contributed by atoms with van der Waals surface area (Å²) < 4.78 is 5.28. The second kappa shape index (κ2) is 8.25. The van der Waals surface area contributed by atoms with Crippen LogP contribution in [0, 0.1) is 19.8 Å². The monoisotopic (exact) mass is 366 g/mol. The van der Waals surface area contributed by atoms with Gasteiger partial charge in [-0.3, -0.25) is 9.59 Å². The van der Waals surface area contributed by atoms with Crippen molar-refractivity contribution in [1.82, 2.24) is 4.90 Å². The molecule has 0 aromatic heterocycles. The van der Waals surface area contributed by atoms with E-state index in [9.17, 15) is 9.59 Å². The van der Waals surface area contributed by atoms with Crippen molar-refractivity contribution in [2.24, 2.45) is 5.92 Å². The highest BCUT2D eigenvalue weighted by molar-refractivity contribution is 5.96. The number of anilines is 1. The number of piperidine rings is 1. The minimum atomic E-state index is -0.0984. The van der Waals surface area contributed by atoms with Gasteiger partial charge in [0, 0.05) is 24.6 Å². The number of carbonyl (C=O) groups is 2. The first-order chi connectivity index (χ1) is 13.0. The van der Waals surface area contributed by atoms with E-state index < -0.39 is 0 Å². The van der Waals surface area contributed by atoms with Gasteiger partial charge in [-0.05, 0) is 62.1 Å². The third-order valence-electron chi connectivity index (χ3n) is 5.27. The first kappa shape index (κ1) is 19.0. The average molecular weight is 366 g/mol. The fraction of sp³-hybridized carbons (Fsp3) is 0.364. The van der Waals surface area contributed by atoms with Gasteiger partial charge >= 0.3 is 0 Å². The number of nitrogens with zero attached hydrogens (tertiary/aromatic N) is 1. The number of ether oxygens (including phenoxy) is 1. The number of amides is 2. The van der Waals surface area contributed by atoms with Crippen molar-refractivity contribution in [3.8, 4) is 5.75 Å². The smallest absolute Gasteiger partial charge is 0.253 e. The maximum atomic E-state index is 12.7. The topological polar surface area (TPSA) is 58.6 Å². The van der Waals surface area contributed by atoms with Gasteiger partial charge in [0.2, 0.25) is 5.91 Å². The number of rotatable bonds is 4. The molecule has 1 aliphatic rings. The molecule has 1 saturated heterocycles. The molecular formula is C22H26N2O3. The van der Waals surface area contributed by atoms with Crippen LogP contribution >= 0.6 is 0 Å². The molecule has 0 atom stereocenters. The molecule has 0 spiro atoms. The van der Waals surface area contributed by atoms with Crippen molar-refractivity contribution in [2.75, 3.05) is 25.5 Å². The maximum absolute atomic E-state index is 12.7. The SMILES string of the molecule is COc1ccccc1NC(=O)C1CCN(C(=O)c2ccc(C)c(C)c2)CC1. The van der Waals surface area contributed by atoms with Crippen LogP contribution in [0.5, 0.6) is 5.75 Å². The zero-order chi connectivity index (χ0) is 19.4. The van der Waals surface area contributed by atoms with Crippen molar-refractivity contribution < 1.29 is 14.3 Å². The van der Waals surface area contributed by atoms with E-state index in [0.717, 1.165) is 11.1 Å². The lowest BCUT2D eigenvalue weighted by molar-refractivity contribution is -0.121. The molecule has 0 aliphatic carbocycles. The number of hydrogen-bond donors (Lipinski definition) is 1. The van der Waals surface area contributed by atoms with Crippen LogP contribution in [0.2, 0.25) is 0 Å². The molecular weight excluding hydrogens is 340 g/mol. The summed E-state index contributed by atoms with van der Waals surface area (Å²) in [5.41, 5.74) is 3.69. The summed E-state index contributed by atoms with van der Waals surface area (Å²) in [6.07, 6.45) is 1.33. The van der Waals surface area contributed by atoms with E-state index in [1.807, 2.05) is 61.2 Å². The van der Waals surface area contributed by atoms with Crippen LogP contribution in [-0.2, 0) is 4.79 Å². The number of nitrogens with one attached hydrogen (secondary N) is 1. The molecule has 5 nitrogen and oxygen atoms in total. The van der Waals surface area contributed by atoms with Crippen molar-refractivity contribution in [1.29, 1.82) is 0 Å². The molecule has 0 bridgehead atoms. The average Bonchev–Trinajstić information content (AvgIpc) is 2.70. The molecule has 2 aromatic rings. The van der Waals surface area contributed by atoms with Crippen LogP contribution < -0.4 is 10.1 Å². The molecule has 1 aliphatic heterocycles. The number of carbonyl (C=O) groups excluding carboxylic acids is 2. The van der Waals surface area contributed by atoms with Crippen molar-refractivity contribution in [2.45, 2.75) is 26.7 Å². The summed E-state index contributed by atoms with van der Waals surface area (Å²) >= 11 is 0. The summed E-state index contributed by atoms with van der Waals surface area (Å²) in [6.45, 7) is 5.24. The quantitative estimate of drug-likeness (QED) is 0.895. The van der Waals surface area contributed by atoms with Crippen LogP contribution in [0.3, 0.4) is 0 Å². The number of likely N-dealkylation sites (tertiary alicyclic amines) is 1. The van der Waals surface area contributed by atoms with Crippen LogP contribution in [0.4, 0.5) is 5.69 Å². The molecule has 5 heteroatoms. The summed E-state index contributed by atoms with van der Waals surface area (Å²) in [7, 11) is 1.59. The Kier molecular flexibility index (Phi) is 5.79. The fourth-order valence-electron chi connectivity index (χ4n) is 3.38. The van der Waals surface area contributed by atoms with Crippen LogP contribution in [0.25, 0.3) is 0 Å². The third kappa shape index (κ3) is 4.30. The number of para-hydroxylation sites is 2. The van der Waals surface area contributed by atoms with Gasteiger partial charge in [-0.1, -0.05) is 18.2 Å². The zero-order valence-electron chi connectivity index (χ0n) is 16.1. The minimum Gasteiger partial charge on any atom is -0.495 e. The highest BCUT2D eigenvalue weighted by Gasteiger charge is 2.28. The molecule has 142 valence electrons. The van der Waals surface area contributed by atoms with Gasteiger partial charge in [-0.15, -0.1) is 0 Å². The molecule has 2 aromatic carbocycles. The molecule has 0 unspecified atom stereocenters. The Bertz CT molecular complexity index is 839. The zero-order valence-corrected chi connectivity index (χ0v) is 16.1. The molecule has 1 heterocycles. The number of benzene rings is 2. The van der Waals surface area contributed by atoms with Crippen molar-refractivity contribution in [3.05, 3.63) is 59.2 Å². The van der Waals surface area contributed by atoms with Gasteiger partial charge in [0.1, 0.15) is 5.75 Å². The summed E-state index contributed by atoms with van der Waals surface area (Å²) in [5.74, 6) is 0.575. The van der Waals surface area contributed by atoms with E-state index in [2.05, 4.69) is 5.32 Å².